The van der Waals surface area contributed by atoms with Crippen molar-refractivity contribution in [1.82, 2.24) is 9.62 Å². The van der Waals surface area contributed by atoms with Gasteiger partial charge in [0.25, 0.3) is 0 Å². The molecule has 1 aromatic heterocycles. The number of benzene rings is 1. The second-order valence-electron chi connectivity index (χ2n) is 4.94. The molecule has 0 aliphatic rings. The monoisotopic (exact) mass is 308 g/mol. The van der Waals surface area contributed by atoms with E-state index in [1.54, 1.807) is 19.2 Å². The molecule has 2 rings (SSSR count). The summed E-state index contributed by atoms with van der Waals surface area (Å²) < 4.78 is 31.2. The predicted molar refractivity (Wildman–Crippen MR) is 82.0 cm³/mol. The summed E-state index contributed by atoms with van der Waals surface area (Å²) in [7, 11) is 0.0582. The highest BCUT2D eigenvalue weighted by Gasteiger charge is 2.19. The van der Waals surface area contributed by atoms with E-state index < -0.39 is 10.0 Å². The van der Waals surface area contributed by atoms with Gasteiger partial charge in [-0.15, -0.1) is 0 Å². The maximum absolute atomic E-state index is 12.4. The molecule has 2 aromatic rings. The van der Waals surface area contributed by atoms with Gasteiger partial charge in [0.05, 0.1) is 18.6 Å². The summed E-state index contributed by atoms with van der Waals surface area (Å²) in [6.07, 6.45) is 1.54. The maximum atomic E-state index is 12.4. The Balaban J connectivity index is 2.07. The average Bonchev–Trinajstić information content (AvgIpc) is 2.92. The van der Waals surface area contributed by atoms with Gasteiger partial charge in [-0.1, -0.05) is 24.3 Å². The largest absolute Gasteiger partial charge is 0.468 e. The van der Waals surface area contributed by atoms with Gasteiger partial charge in [-0.25, -0.2) is 8.42 Å². The molecule has 6 heteroatoms. The van der Waals surface area contributed by atoms with Crippen LogP contribution in [0.1, 0.15) is 16.9 Å². The number of hydrogen-bond acceptors (Lipinski definition) is 4. The lowest BCUT2D eigenvalue weighted by molar-refractivity contribution is 0.406. The fourth-order valence-electron chi connectivity index (χ4n) is 2.07. The van der Waals surface area contributed by atoms with Crippen LogP contribution in [-0.2, 0) is 28.9 Å². The summed E-state index contributed by atoms with van der Waals surface area (Å²) in [6, 6.07) is 11.1. The van der Waals surface area contributed by atoms with Crippen LogP contribution >= 0.6 is 0 Å². The van der Waals surface area contributed by atoms with E-state index in [4.69, 9.17) is 4.42 Å². The van der Waals surface area contributed by atoms with E-state index in [2.05, 4.69) is 5.32 Å². The zero-order valence-corrected chi connectivity index (χ0v) is 13.1. The molecule has 0 saturated carbocycles. The van der Waals surface area contributed by atoms with Gasteiger partial charge < -0.3 is 9.73 Å². The third-order valence-electron chi connectivity index (χ3n) is 3.15. The Bertz CT molecular complexity index is 666. The minimum atomic E-state index is -3.37. The van der Waals surface area contributed by atoms with E-state index in [0.29, 0.717) is 5.76 Å². The van der Waals surface area contributed by atoms with Crippen LogP contribution in [0.3, 0.4) is 0 Å². The summed E-state index contributed by atoms with van der Waals surface area (Å²) in [5, 5.41) is 3.05. The van der Waals surface area contributed by atoms with Gasteiger partial charge in [-0.3, -0.25) is 0 Å². The van der Waals surface area contributed by atoms with Crippen molar-refractivity contribution in [1.29, 1.82) is 0 Å². The molecule has 21 heavy (non-hydrogen) atoms. The van der Waals surface area contributed by atoms with Gasteiger partial charge in [0.1, 0.15) is 5.76 Å². The Hall–Kier alpha value is -1.63. The van der Waals surface area contributed by atoms with Gasteiger partial charge in [0.2, 0.25) is 10.0 Å². The second kappa shape index (κ2) is 6.89. The molecule has 0 radical (unpaired) electrons. The van der Waals surface area contributed by atoms with Crippen molar-refractivity contribution >= 4 is 10.0 Å². The van der Waals surface area contributed by atoms with Crippen LogP contribution in [0.4, 0.5) is 0 Å². The molecule has 1 aromatic carbocycles. The SMILES string of the molecule is CNCc1cccc(CS(=O)(=O)N(C)Cc2ccco2)c1. The van der Waals surface area contributed by atoms with E-state index in [0.717, 1.165) is 17.7 Å². The van der Waals surface area contributed by atoms with Crippen molar-refractivity contribution in [2.24, 2.45) is 0 Å². The van der Waals surface area contributed by atoms with Crippen molar-refractivity contribution in [3.63, 3.8) is 0 Å². The molecule has 1 heterocycles. The Morgan fingerprint density at radius 3 is 2.62 bits per heavy atom. The van der Waals surface area contributed by atoms with Crippen LogP contribution in [0.15, 0.2) is 47.1 Å². The van der Waals surface area contributed by atoms with Crippen LogP contribution in [0.2, 0.25) is 0 Å². The highest BCUT2D eigenvalue weighted by molar-refractivity contribution is 7.88. The molecule has 0 spiro atoms. The van der Waals surface area contributed by atoms with Crippen molar-refractivity contribution in [2.75, 3.05) is 14.1 Å². The Morgan fingerprint density at radius 1 is 1.19 bits per heavy atom. The number of sulfonamides is 1. The van der Waals surface area contributed by atoms with E-state index in [9.17, 15) is 8.42 Å². The Morgan fingerprint density at radius 2 is 1.95 bits per heavy atom. The quantitative estimate of drug-likeness (QED) is 0.849. The predicted octanol–water partition coefficient (Wildman–Crippen LogP) is 1.96. The van der Waals surface area contributed by atoms with Crippen LogP contribution in [-0.4, -0.2) is 26.8 Å². The summed E-state index contributed by atoms with van der Waals surface area (Å²) in [5.41, 5.74) is 1.85. The molecule has 5 nitrogen and oxygen atoms in total. The number of hydrogen-bond donors (Lipinski definition) is 1. The lowest BCUT2D eigenvalue weighted by Crippen LogP contribution is -2.27. The molecule has 0 aliphatic heterocycles. The minimum Gasteiger partial charge on any atom is -0.468 e. The van der Waals surface area contributed by atoms with Crippen molar-refractivity contribution in [3.05, 3.63) is 59.5 Å². The van der Waals surface area contributed by atoms with E-state index in [1.165, 1.54) is 10.6 Å². The number of nitrogens with zero attached hydrogens (tertiary/aromatic N) is 1. The summed E-state index contributed by atoms with van der Waals surface area (Å²) >= 11 is 0. The first-order valence-electron chi connectivity index (χ1n) is 6.70. The molecule has 1 N–H and O–H groups in total. The molecule has 0 amide bonds. The number of rotatable bonds is 7. The normalized spacial score (nSPS) is 12.0. The average molecular weight is 308 g/mol. The summed E-state index contributed by atoms with van der Waals surface area (Å²) in [5.74, 6) is 0.617. The number of furan rings is 1. The molecule has 0 aliphatic carbocycles. The van der Waals surface area contributed by atoms with Crippen LogP contribution in [0.25, 0.3) is 0 Å². The Kier molecular flexibility index (Phi) is 5.17. The third-order valence-corrected chi connectivity index (χ3v) is 4.93. The highest BCUT2D eigenvalue weighted by Crippen LogP contribution is 2.14. The smallest absolute Gasteiger partial charge is 0.218 e. The molecular formula is C15H20N2O3S. The first-order chi connectivity index (χ1) is 10.0. The summed E-state index contributed by atoms with van der Waals surface area (Å²) in [4.78, 5) is 0. The highest BCUT2D eigenvalue weighted by atomic mass is 32.2. The number of nitrogens with one attached hydrogen (secondary N) is 1. The molecule has 0 atom stereocenters. The van der Waals surface area contributed by atoms with Crippen molar-refractivity contribution in [3.8, 4) is 0 Å². The minimum absolute atomic E-state index is 0.0121. The van der Waals surface area contributed by atoms with Gasteiger partial charge >= 0.3 is 0 Å². The van der Waals surface area contributed by atoms with Crippen LogP contribution in [0.5, 0.6) is 0 Å². The Labute approximate surface area is 125 Å². The van der Waals surface area contributed by atoms with E-state index >= 15 is 0 Å². The molecule has 0 unspecified atom stereocenters. The van der Waals surface area contributed by atoms with Gasteiger partial charge in [0, 0.05) is 13.6 Å². The third kappa shape index (κ3) is 4.42. The molecular weight excluding hydrogens is 288 g/mol. The van der Waals surface area contributed by atoms with Gasteiger partial charge in [0.15, 0.2) is 0 Å². The maximum Gasteiger partial charge on any atom is 0.218 e. The first kappa shape index (κ1) is 15.8. The molecule has 114 valence electrons. The molecule has 0 bridgehead atoms. The van der Waals surface area contributed by atoms with Crippen LogP contribution < -0.4 is 5.32 Å². The zero-order chi connectivity index (χ0) is 15.3. The fraction of sp³-hybridized carbons (Fsp3) is 0.333. The van der Waals surface area contributed by atoms with Crippen LogP contribution in [0, 0.1) is 0 Å². The first-order valence-corrected chi connectivity index (χ1v) is 8.31. The fourth-order valence-corrected chi connectivity index (χ4v) is 3.22. The standard InChI is InChI=1S/C15H20N2O3S/c1-16-10-13-5-3-6-14(9-13)12-21(18,19)17(2)11-15-7-4-8-20-15/h3-9,16H,10-12H2,1-2H3. The van der Waals surface area contributed by atoms with E-state index in [-0.39, 0.29) is 12.3 Å². The lowest BCUT2D eigenvalue weighted by Gasteiger charge is -2.16. The molecule has 0 fully saturated rings. The molecule has 0 saturated heterocycles. The second-order valence-corrected chi connectivity index (χ2v) is 7.02. The summed E-state index contributed by atoms with van der Waals surface area (Å²) in [6.45, 7) is 0.960. The zero-order valence-electron chi connectivity index (χ0n) is 12.2. The van der Waals surface area contributed by atoms with Crippen molar-refractivity contribution < 1.29 is 12.8 Å². The topological polar surface area (TPSA) is 62.6 Å². The van der Waals surface area contributed by atoms with Crippen molar-refractivity contribution in [2.45, 2.75) is 18.8 Å². The van der Waals surface area contributed by atoms with Gasteiger partial charge in [-0.2, -0.15) is 4.31 Å². The lowest BCUT2D eigenvalue weighted by atomic mass is 10.1. The van der Waals surface area contributed by atoms with E-state index in [1.807, 2.05) is 31.3 Å². The van der Waals surface area contributed by atoms with Gasteiger partial charge in [-0.05, 0) is 30.3 Å².